The highest BCUT2D eigenvalue weighted by molar-refractivity contribution is 6.31. The van der Waals surface area contributed by atoms with Crippen molar-refractivity contribution in [1.29, 1.82) is 5.26 Å². The van der Waals surface area contributed by atoms with Gasteiger partial charge < -0.3 is 14.2 Å². The van der Waals surface area contributed by atoms with E-state index in [1.165, 1.54) is 13.3 Å². The fourth-order valence-corrected chi connectivity index (χ4v) is 3.17. The van der Waals surface area contributed by atoms with E-state index in [-0.39, 0.29) is 24.7 Å². The fourth-order valence-electron chi connectivity index (χ4n) is 2.98. The summed E-state index contributed by atoms with van der Waals surface area (Å²) in [6, 6.07) is 18.5. The van der Waals surface area contributed by atoms with Crippen molar-refractivity contribution in [2.75, 3.05) is 13.7 Å². The molecule has 9 heteroatoms. The third-order valence-electron chi connectivity index (χ3n) is 4.58. The molecule has 0 saturated carbocycles. The molecule has 0 spiro atoms. The highest BCUT2D eigenvalue weighted by Crippen LogP contribution is 2.21. The maximum atomic E-state index is 12.1. The van der Waals surface area contributed by atoms with Gasteiger partial charge in [0.15, 0.2) is 6.61 Å². The van der Waals surface area contributed by atoms with Crippen molar-refractivity contribution < 1.29 is 19.0 Å². The number of carbonyl (C=O) groups excluding carboxylic acids is 1. The smallest absolute Gasteiger partial charge is 0.278 e. The minimum absolute atomic E-state index is 0.0843. The summed E-state index contributed by atoms with van der Waals surface area (Å²) in [5.74, 6) is 0.277. The third kappa shape index (κ3) is 7.04. The summed E-state index contributed by atoms with van der Waals surface area (Å²) in [6.45, 7) is 2.02. The molecule has 0 radical (unpaired) electrons. The van der Waals surface area contributed by atoms with Crippen molar-refractivity contribution in [3.63, 3.8) is 0 Å². The van der Waals surface area contributed by atoms with Gasteiger partial charge >= 0.3 is 0 Å². The average Bonchev–Trinajstić information content (AvgIpc) is 2.83. The molecule has 34 heavy (non-hydrogen) atoms. The average molecular weight is 479 g/mol. The number of benzene rings is 2. The van der Waals surface area contributed by atoms with Gasteiger partial charge in [-0.3, -0.25) is 4.79 Å². The third-order valence-corrected chi connectivity index (χ3v) is 4.95. The lowest BCUT2D eigenvalue weighted by atomic mass is 10.1. The van der Waals surface area contributed by atoms with Gasteiger partial charge in [0.25, 0.3) is 5.91 Å². The number of amides is 1. The molecule has 2 aromatic carbocycles. The number of nitrogens with zero attached hydrogens (tertiary/aromatic N) is 3. The van der Waals surface area contributed by atoms with Crippen molar-refractivity contribution in [3.05, 3.63) is 87.6 Å². The first-order chi connectivity index (χ1) is 16.5. The first kappa shape index (κ1) is 24.7. The van der Waals surface area contributed by atoms with E-state index in [1.807, 2.05) is 30.3 Å². The lowest BCUT2D eigenvalue weighted by Crippen LogP contribution is -2.25. The minimum Gasteiger partial charge on any atom is -0.489 e. The van der Waals surface area contributed by atoms with E-state index < -0.39 is 5.91 Å². The lowest BCUT2D eigenvalue weighted by Gasteiger charge is -2.10. The molecular weight excluding hydrogens is 456 g/mol. The number of pyridine rings is 1. The number of nitrogens with one attached hydrogen (secondary N) is 1. The molecule has 0 atom stereocenters. The topological polar surface area (TPSA) is 106 Å². The molecule has 1 aromatic heterocycles. The molecule has 3 aromatic rings. The molecule has 1 heterocycles. The number of hydrogen-bond donors (Lipinski definition) is 1. The second-order valence-corrected chi connectivity index (χ2v) is 7.59. The standard InChI is InChI=1S/C25H23ClN4O4/c1-17-11-20(14-32-2)22(12-27)25(29-17)34-16-24(31)30-28-13-18-7-9-21(10-8-18)33-15-19-5-3-4-6-23(19)26/h3-11,13H,14-16H2,1-2H3,(H,30,31)/b28-13-. The van der Waals surface area contributed by atoms with Gasteiger partial charge in [-0.05, 0) is 48.9 Å². The first-order valence-corrected chi connectivity index (χ1v) is 10.7. The van der Waals surface area contributed by atoms with Crippen LogP contribution in [0, 0.1) is 18.3 Å². The van der Waals surface area contributed by atoms with Crippen LogP contribution in [-0.2, 0) is 22.7 Å². The molecule has 3 rings (SSSR count). The van der Waals surface area contributed by atoms with E-state index in [0.29, 0.717) is 28.6 Å². The van der Waals surface area contributed by atoms with E-state index in [4.69, 9.17) is 25.8 Å². The Balaban J connectivity index is 1.50. The second-order valence-electron chi connectivity index (χ2n) is 7.18. The zero-order chi connectivity index (χ0) is 24.3. The number of hydrazone groups is 1. The number of methoxy groups -OCH3 is 1. The second kappa shape index (κ2) is 12.3. The summed E-state index contributed by atoms with van der Waals surface area (Å²) >= 11 is 6.13. The van der Waals surface area contributed by atoms with Crippen LogP contribution in [0.1, 0.15) is 27.9 Å². The highest BCUT2D eigenvalue weighted by atomic mass is 35.5. The number of nitriles is 1. The maximum Gasteiger partial charge on any atom is 0.278 e. The quantitative estimate of drug-likeness (QED) is 0.346. The molecule has 0 aliphatic heterocycles. The van der Waals surface area contributed by atoms with Crippen LogP contribution in [0.4, 0.5) is 0 Å². The Hall–Kier alpha value is -3.93. The number of aromatic nitrogens is 1. The van der Waals surface area contributed by atoms with Crippen molar-refractivity contribution >= 4 is 23.7 Å². The summed E-state index contributed by atoms with van der Waals surface area (Å²) in [5, 5.41) is 14.0. The van der Waals surface area contributed by atoms with Crippen LogP contribution in [-0.4, -0.2) is 30.8 Å². The van der Waals surface area contributed by atoms with Gasteiger partial charge in [-0.25, -0.2) is 10.4 Å². The fraction of sp³-hybridized carbons (Fsp3) is 0.200. The van der Waals surface area contributed by atoms with Gasteiger partial charge in [0.2, 0.25) is 5.88 Å². The van der Waals surface area contributed by atoms with Crippen LogP contribution in [0.3, 0.4) is 0 Å². The number of aryl methyl sites for hydroxylation is 1. The lowest BCUT2D eigenvalue weighted by molar-refractivity contribution is -0.123. The van der Waals surface area contributed by atoms with Crippen LogP contribution >= 0.6 is 11.6 Å². The van der Waals surface area contributed by atoms with Gasteiger partial charge in [0, 0.05) is 29.0 Å². The van der Waals surface area contributed by atoms with E-state index in [2.05, 4.69) is 15.5 Å². The first-order valence-electron chi connectivity index (χ1n) is 10.3. The molecule has 1 N–H and O–H groups in total. The van der Waals surface area contributed by atoms with Gasteiger partial charge in [0.1, 0.15) is 24.0 Å². The molecule has 8 nitrogen and oxygen atoms in total. The SMILES string of the molecule is COCc1cc(C)nc(OCC(=O)N/N=C\c2ccc(OCc3ccccc3Cl)cc2)c1C#N. The summed E-state index contributed by atoms with van der Waals surface area (Å²) in [7, 11) is 1.53. The van der Waals surface area contributed by atoms with E-state index in [0.717, 1.165) is 11.1 Å². The van der Waals surface area contributed by atoms with Crippen molar-refractivity contribution in [2.45, 2.75) is 20.1 Å². The Morgan fingerprint density at radius 3 is 2.62 bits per heavy atom. The maximum absolute atomic E-state index is 12.1. The van der Waals surface area contributed by atoms with Crippen LogP contribution in [0.5, 0.6) is 11.6 Å². The zero-order valence-corrected chi connectivity index (χ0v) is 19.5. The highest BCUT2D eigenvalue weighted by Gasteiger charge is 2.14. The predicted octanol–water partition coefficient (Wildman–Crippen LogP) is 4.17. The van der Waals surface area contributed by atoms with E-state index in [9.17, 15) is 10.1 Å². The van der Waals surface area contributed by atoms with Gasteiger partial charge in [-0.15, -0.1) is 0 Å². The van der Waals surface area contributed by atoms with Crippen molar-refractivity contribution in [1.82, 2.24) is 10.4 Å². The molecular formula is C25H23ClN4O4. The van der Waals surface area contributed by atoms with Crippen LogP contribution in [0.15, 0.2) is 59.7 Å². The van der Waals surface area contributed by atoms with Gasteiger partial charge in [-0.1, -0.05) is 29.8 Å². The van der Waals surface area contributed by atoms with Gasteiger partial charge in [0.05, 0.1) is 12.8 Å². The normalized spacial score (nSPS) is 10.6. The van der Waals surface area contributed by atoms with Crippen molar-refractivity contribution in [2.24, 2.45) is 5.10 Å². The number of rotatable bonds is 10. The number of hydrogen-bond acceptors (Lipinski definition) is 7. The number of ether oxygens (including phenoxy) is 3. The molecule has 0 bridgehead atoms. The van der Waals surface area contributed by atoms with Crippen LogP contribution in [0.2, 0.25) is 5.02 Å². The Kier molecular flexibility index (Phi) is 8.97. The summed E-state index contributed by atoms with van der Waals surface area (Å²) in [5.41, 5.74) is 5.58. The Labute approximate surface area is 202 Å². The van der Waals surface area contributed by atoms with Crippen LogP contribution in [0.25, 0.3) is 0 Å². The summed E-state index contributed by atoms with van der Waals surface area (Å²) in [6.07, 6.45) is 1.50. The Morgan fingerprint density at radius 1 is 1.15 bits per heavy atom. The molecule has 0 saturated heterocycles. The molecule has 0 aliphatic rings. The number of carbonyl (C=O) groups is 1. The summed E-state index contributed by atoms with van der Waals surface area (Å²) < 4.78 is 16.3. The van der Waals surface area contributed by atoms with Gasteiger partial charge in [-0.2, -0.15) is 10.4 Å². The summed E-state index contributed by atoms with van der Waals surface area (Å²) in [4.78, 5) is 16.3. The molecule has 1 amide bonds. The van der Waals surface area contributed by atoms with E-state index >= 15 is 0 Å². The van der Waals surface area contributed by atoms with Crippen molar-refractivity contribution in [3.8, 4) is 17.7 Å². The zero-order valence-electron chi connectivity index (χ0n) is 18.7. The largest absolute Gasteiger partial charge is 0.489 e. The molecule has 0 aliphatic carbocycles. The number of halogens is 1. The van der Waals surface area contributed by atoms with E-state index in [1.54, 1.807) is 37.3 Å². The predicted molar refractivity (Wildman–Crippen MR) is 128 cm³/mol. The Morgan fingerprint density at radius 2 is 1.91 bits per heavy atom. The van der Waals surface area contributed by atoms with Crippen LogP contribution < -0.4 is 14.9 Å². The minimum atomic E-state index is -0.489. The molecule has 0 unspecified atom stereocenters. The Bertz CT molecular complexity index is 1210. The monoisotopic (exact) mass is 478 g/mol. The molecule has 174 valence electrons. The molecule has 0 fully saturated rings.